The number of rotatable bonds is 4. The third-order valence-corrected chi connectivity index (χ3v) is 4.42. The molecule has 2 atom stereocenters. The first-order valence-corrected chi connectivity index (χ1v) is 6.78. The number of thiophene rings is 1. The van der Waals surface area contributed by atoms with Gasteiger partial charge in [-0.3, -0.25) is 0 Å². The summed E-state index contributed by atoms with van der Waals surface area (Å²) in [7, 11) is 0. The summed E-state index contributed by atoms with van der Waals surface area (Å²) in [4.78, 5) is 0. The van der Waals surface area contributed by atoms with Crippen molar-refractivity contribution < 1.29 is 10.2 Å². The Morgan fingerprint density at radius 1 is 1.35 bits per heavy atom. The Bertz CT molecular complexity index is 502. The van der Waals surface area contributed by atoms with Crippen molar-refractivity contribution >= 4 is 21.4 Å². The quantitative estimate of drug-likeness (QED) is 0.876. The van der Waals surface area contributed by atoms with Crippen molar-refractivity contribution in [3.05, 3.63) is 35.2 Å². The normalized spacial score (nSPS) is 16.9. The first kappa shape index (κ1) is 12.6. The third-order valence-electron chi connectivity index (χ3n) is 3.41. The molecule has 0 aliphatic rings. The SMILES string of the molecule is CCC(C)(O)C(O)Cc1csc2ccccc12. The van der Waals surface area contributed by atoms with Gasteiger partial charge in [-0.05, 0) is 35.7 Å². The van der Waals surface area contributed by atoms with E-state index in [1.807, 2.05) is 19.1 Å². The summed E-state index contributed by atoms with van der Waals surface area (Å²) in [6.07, 6.45) is 0.340. The van der Waals surface area contributed by atoms with Crippen LogP contribution in [0.5, 0.6) is 0 Å². The second kappa shape index (κ2) is 4.77. The monoisotopic (exact) mass is 250 g/mol. The van der Waals surface area contributed by atoms with Crippen LogP contribution in [-0.2, 0) is 6.42 Å². The predicted octanol–water partition coefficient (Wildman–Crippen LogP) is 2.97. The molecule has 2 rings (SSSR count). The molecule has 0 saturated carbocycles. The fourth-order valence-corrected chi connectivity index (χ4v) is 2.83. The van der Waals surface area contributed by atoms with E-state index in [1.165, 1.54) is 10.1 Å². The van der Waals surface area contributed by atoms with Gasteiger partial charge in [0.05, 0.1) is 11.7 Å². The zero-order valence-electron chi connectivity index (χ0n) is 10.2. The van der Waals surface area contributed by atoms with Crippen LogP contribution >= 0.6 is 11.3 Å². The molecule has 1 aromatic carbocycles. The van der Waals surface area contributed by atoms with Crippen LogP contribution in [0.15, 0.2) is 29.6 Å². The highest BCUT2D eigenvalue weighted by Crippen LogP contribution is 2.28. The van der Waals surface area contributed by atoms with Crippen LogP contribution in [0.1, 0.15) is 25.8 Å². The molecule has 2 aromatic rings. The van der Waals surface area contributed by atoms with E-state index < -0.39 is 11.7 Å². The highest BCUT2D eigenvalue weighted by Gasteiger charge is 2.28. The maximum absolute atomic E-state index is 10.1. The molecule has 1 heterocycles. The maximum atomic E-state index is 10.1. The van der Waals surface area contributed by atoms with Gasteiger partial charge in [0.1, 0.15) is 0 Å². The average Bonchev–Trinajstić information content (AvgIpc) is 2.73. The van der Waals surface area contributed by atoms with Crippen LogP contribution in [-0.4, -0.2) is 21.9 Å². The summed E-state index contributed by atoms with van der Waals surface area (Å²) in [6, 6.07) is 8.16. The second-order valence-electron chi connectivity index (χ2n) is 4.69. The Hall–Kier alpha value is -0.900. The van der Waals surface area contributed by atoms with Gasteiger partial charge >= 0.3 is 0 Å². The standard InChI is InChI=1S/C14H18O2S/c1-3-14(2,16)13(15)8-10-9-17-12-7-5-4-6-11(10)12/h4-7,9,13,15-16H,3,8H2,1-2H3. The van der Waals surface area contributed by atoms with Gasteiger partial charge in [-0.1, -0.05) is 25.1 Å². The van der Waals surface area contributed by atoms with E-state index in [1.54, 1.807) is 18.3 Å². The van der Waals surface area contributed by atoms with Crippen molar-refractivity contribution in [1.82, 2.24) is 0 Å². The zero-order valence-corrected chi connectivity index (χ0v) is 11.0. The highest BCUT2D eigenvalue weighted by molar-refractivity contribution is 7.17. The van der Waals surface area contributed by atoms with Gasteiger partial charge in [-0.25, -0.2) is 0 Å². The molecule has 92 valence electrons. The fourth-order valence-electron chi connectivity index (χ4n) is 1.85. The molecular formula is C14H18O2S. The van der Waals surface area contributed by atoms with E-state index in [4.69, 9.17) is 0 Å². The molecule has 0 spiro atoms. The number of aliphatic hydroxyl groups excluding tert-OH is 1. The fraction of sp³-hybridized carbons (Fsp3) is 0.429. The zero-order chi connectivity index (χ0) is 12.5. The Morgan fingerprint density at radius 2 is 2.06 bits per heavy atom. The first-order valence-electron chi connectivity index (χ1n) is 5.90. The molecule has 0 bridgehead atoms. The molecule has 0 aliphatic heterocycles. The van der Waals surface area contributed by atoms with Crippen LogP contribution in [0.25, 0.3) is 10.1 Å². The van der Waals surface area contributed by atoms with Crippen LogP contribution in [0.3, 0.4) is 0 Å². The molecule has 2 nitrogen and oxygen atoms in total. The van der Waals surface area contributed by atoms with Crippen molar-refractivity contribution in [1.29, 1.82) is 0 Å². The number of hydrogen-bond donors (Lipinski definition) is 2. The van der Waals surface area contributed by atoms with Crippen LogP contribution in [0, 0.1) is 0 Å². The summed E-state index contributed by atoms with van der Waals surface area (Å²) in [5.41, 5.74) is 0.107. The minimum absolute atomic E-state index is 0.505. The minimum Gasteiger partial charge on any atom is -0.390 e. The van der Waals surface area contributed by atoms with Crippen LogP contribution in [0.4, 0.5) is 0 Å². The van der Waals surface area contributed by atoms with E-state index in [2.05, 4.69) is 17.5 Å². The van der Waals surface area contributed by atoms with Crippen molar-refractivity contribution in [3.63, 3.8) is 0 Å². The molecule has 0 aliphatic carbocycles. The molecule has 0 radical (unpaired) electrons. The van der Waals surface area contributed by atoms with Gasteiger partial charge in [0, 0.05) is 11.1 Å². The summed E-state index contributed by atoms with van der Waals surface area (Å²) in [5.74, 6) is 0. The lowest BCUT2D eigenvalue weighted by molar-refractivity contribution is -0.0627. The van der Waals surface area contributed by atoms with Gasteiger partial charge in [0.2, 0.25) is 0 Å². The van der Waals surface area contributed by atoms with E-state index in [9.17, 15) is 10.2 Å². The van der Waals surface area contributed by atoms with Crippen molar-refractivity contribution in [2.75, 3.05) is 0 Å². The molecule has 17 heavy (non-hydrogen) atoms. The first-order chi connectivity index (χ1) is 8.04. The summed E-state index contributed by atoms with van der Waals surface area (Å²) in [5, 5.41) is 23.3. The van der Waals surface area contributed by atoms with E-state index >= 15 is 0 Å². The van der Waals surface area contributed by atoms with Crippen LogP contribution in [0.2, 0.25) is 0 Å². The Labute approximate surface area is 106 Å². The Morgan fingerprint density at radius 3 is 2.76 bits per heavy atom. The maximum Gasteiger partial charge on any atom is 0.0878 e. The molecule has 2 N–H and O–H groups in total. The lowest BCUT2D eigenvalue weighted by Gasteiger charge is -2.27. The molecular weight excluding hydrogens is 232 g/mol. The number of fused-ring (bicyclic) bond motifs is 1. The molecule has 2 unspecified atom stereocenters. The largest absolute Gasteiger partial charge is 0.390 e. The lowest BCUT2D eigenvalue weighted by atomic mass is 9.91. The summed E-state index contributed by atoms with van der Waals surface area (Å²) >= 11 is 1.68. The molecule has 0 amide bonds. The average molecular weight is 250 g/mol. The summed E-state index contributed by atoms with van der Waals surface area (Å²) in [6.45, 7) is 3.57. The van der Waals surface area contributed by atoms with Gasteiger partial charge < -0.3 is 10.2 Å². The predicted molar refractivity (Wildman–Crippen MR) is 72.5 cm³/mol. The number of aliphatic hydroxyl groups is 2. The van der Waals surface area contributed by atoms with Gasteiger partial charge in [0.15, 0.2) is 0 Å². The van der Waals surface area contributed by atoms with Crippen molar-refractivity contribution in [3.8, 4) is 0 Å². The minimum atomic E-state index is -1.01. The number of benzene rings is 1. The Kier molecular flexibility index (Phi) is 3.52. The molecule has 1 aromatic heterocycles. The van der Waals surface area contributed by atoms with Crippen molar-refractivity contribution in [2.45, 2.75) is 38.4 Å². The topological polar surface area (TPSA) is 40.5 Å². The van der Waals surface area contributed by atoms with Gasteiger partial charge in [-0.15, -0.1) is 11.3 Å². The number of hydrogen-bond acceptors (Lipinski definition) is 3. The second-order valence-corrected chi connectivity index (χ2v) is 5.60. The van der Waals surface area contributed by atoms with E-state index in [-0.39, 0.29) is 0 Å². The van der Waals surface area contributed by atoms with Crippen LogP contribution < -0.4 is 0 Å². The molecule has 3 heteroatoms. The van der Waals surface area contributed by atoms with Crippen molar-refractivity contribution in [2.24, 2.45) is 0 Å². The highest BCUT2D eigenvalue weighted by atomic mass is 32.1. The van der Waals surface area contributed by atoms with E-state index in [0.29, 0.717) is 12.8 Å². The smallest absolute Gasteiger partial charge is 0.0878 e. The van der Waals surface area contributed by atoms with Gasteiger partial charge in [0.25, 0.3) is 0 Å². The van der Waals surface area contributed by atoms with E-state index in [0.717, 1.165) is 5.56 Å². The third kappa shape index (κ3) is 2.51. The van der Waals surface area contributed by atoms with Gasteiger partial charge in [-0.2, -0.15) is 0 Å². The lowest BCUT2D eigenvalue weighted by Crippen LogP contribution is -2.39. The Balaban J connectivity index is 2.24. The molecule has 0 fully saturated rings. The molecule has 0 saturated heterocycles. The summed E-state index contributed by atoms with van der Waals surface area (Å²) < 4.78 is 1.23.